The van der Waals surface area contributed by atoms with Gasteiger partial charge in [0.05, 0.1) is 18.4 Å². The van der Waals surface area contributed by atoms with E-state index >= 15 is 0 Å². The Labute approximate surface area is 176 Å². The molecule has 3 rings (SSSR count). The van der Waals surface area contributed by atoms with Gasteiger partial charge in [0.15, 0.2) is 10.0 Å². The van der Waals surface area contributed by atoms with Gasteiger partial charge in [-0.05, 0) is 48.4 Å². The smallest absolute Gasteiger partial charge is 0.335 e. The van der Waals surface area contributed by atoms with Crippen LogP contribution in [0.25, 0.3) is 0 Å². The number of carboxylic acid groups (broad SMARTS) is 1. The number of anilines is 1. The van der Waals surface area contributed by atoms with Crippen molar-refractivity contribution in [3.63, 3.8) is 0 Å². The largest absolute Gasteiger partial charge is 0.495 e. The number of nitrogens with zero attached hydrogens (tertiary/aromatic N) is 1. The molecule has 2 aromatic carbocycles. The monoisotopic (exact) mass is 448 g/mol. The van der Waals surface area contributed by atoms with Crippen molar-refractivity contribution >= 4 is 44.6 Å². The lowest BCUT2D eigenvalue weighted by molar-refractivity contribution is 0.0696. The molecule has 148 valence electrons. The van der Waals surface area contributed by atoms with E-state index in [2.05, 4.69) is 21.5 Å². The molecule has 0 spiro atoms. The maximum absolute atomic E-state index is 12.6. The van der Waals surface area contributed by atoms with Crippen molar-refractivity contribution < 1.29 is 23.1 Å². The minimum atomic E-state index is -4.01. The van der Waals surface area contributed by atoms with E-state index in [9.17, 15) is 13.2 Å². The van der Waals surface area contributed by atoms with Crippen LogP contribution in [0.4, 0.5) is 5.69 Å². The van der Waals surface area contributed by atoms with Gasteiger partial charge in [0.2, 0.25) is 0 Å². The van der Waals surface area contributed by atoms with Gasteiger partial charge in [0.1, 0.15) is 5.75 Å². The lowest BCUT2D eigenvalue weighted by Crippen LogP contribution is -2.14. The Morgan fingerprint density at radius 1 is 1.21 bits per heavy atom. The van der Waals surface area contributed by atoms with Crippen LogP contribution in [0.2, 0.25) is 5.02 Å². The number of hydrogen-bond acceptors (Lipinski definition) is 6. The Kier molecular flexibility index (Phi) is 6.08. The first kappa shape index (κ1) is 20.7. The summed E-state index contributed by atoms with van der Waals surface area (Å²) in [5, 5.41) is 11.1. The van der Waals surface area contributed by atoms with Crippen LogP contribution in [0.3, 0.4) is 0 Å². The fraction of sp³-hybridized carbons (Fsp3) is 0.0526. The Morgan fingerprint density at radius 2 is 1.93 bits per heavy atom. The van der Waals surface area contributed by atoms with Gasteiger partial charge in [-0.3, -0.25) is 4.72 Å². The van der Waals surface area contributed by atoms with Crippen molar-refractivity contribution in [2.24, 2.45) is 0 Å². The number of nitrogens with one attached hydrogen (secondary N) is 1. The van der Waals surface area contributed by atoms with Crippen LogP contribution in [0, 0.1) is 11.8 Å². The number of carboxylic acids is 1. The zero-order chi connectivity index (χ0) is 21.0. The third kappa shape index (κ3) is 5.06. The molecule has 0 radical (unpaired) electrons. The summed E-state index contributed by atoms with van der Waals surface area (Å²) in [4.78, 5) is 15.1. The van der Waals surface area contributed by atoms with Crippen LogP contribution in [0.15, 0.2) is 52.9 Å². The van der Waals surface area contributed by atoms with E-state index in [0.717, 1.165) is 16.9 Å². The van der Waals surface area contributed by atoms with Gasteiger partial charge in [-0.2, -0.15) is 8.42 Å². The molecule has 0 amide bonds. The van der Waals surface area contributed by atoms with Crippen molar-refractivity contribution in [1.82, 2.24) is 4.98 Å². The van der Waals surface area contributed by atoms with Crippen LogP contribution >= 0.6 is 22.9 Å². The highest BCUT2D eigenvalue weighted by molar-refractivity contribution is 7.92. The van der Waals surface area contributed by atoms with Crippen molar-refractivity contribution in [3.05, 3.63) is 69.0 Å². The third-order valence-corrected chi connectivity index (χ3v) is 6.02. The fourth-order valence-corrected chi connectivity index (χ4v) is 4.34. The molecule has 1 heterocycles. The van der Waals surface area contributed by atoms with E-state index in [4.69, 9.17) is 21.4 Å². The van der Waals surface area contributed by atoms with Crippen LogP contribution in [0.1, 0.15) is 20.9 Å². The minimum Gasteiger partial charge on any atom is -0.495 e. The first-order chi connectivity index (χ1) is 13.8. The summed E-state index contributed by atoms with van der Waals surface area (Å²) >= 11 is 6.91. The highest BCUT2D eigenvalue weighted by Gasteiger charge is 2.20. The standard InChI is InChI=1S/C19H13ClN2O5S2/c1-27-16-10-13(19(23)24)5-8-15(16)22-29(25,26)18-11-28-17(21-18)9-4-12-2-6-14(20)7-3-12/h2-3,5-8,10-11,22H,1H3,(H,23,24). The molecule has 0 saturated carbocycles. The Balaban J connectivity index is 1.83. The van der Waals surface area contributed by atoms with E-state index in [-0.39, 0.29) is 22.0 Å². The van der Waals surface area contributed by atoms with Crippen LogP contribution in [-0.4, -0.2) is 31.6 Å². The Bertz CT molecular complexity index is 1230. The minimum absolute atomic E-state index is 0.0294. The van der Waals surface area contributed by atoms with E-state index < -0.39 is 16.0 Å². The number of ether oxygens (including phenoxy) is 1. The maximum Gasteiger partial charge on any atom is 0.335 e. The predicted octanol–water partition coefficient (Wildman–Crippen LogP) is 3.70. The van der Waals surface area contributed by atoms with Crippen LogP contribution in [-0.2, 0) is 10.0 Å². The first-order valence-electron chi connectivity index (χ1n) is 7.96. The molecule has 0 atom stereocenters. The molecule has 3 aromatic rings. The van der Waals surface area contributed by atoms with Crippen LogP contribution in [0.5, 0.6) is 5.75 Å². The molecule has 7 nitrogen and oxygen atoms in total. The van der Waals surface area contributed by atoms with E-state index in [0.29, 0.717) is 10.0 Å². The lowest BCUT2D eigenvalue weighted by Gasteiger charge is -2.11. The molecule has 2 N–H and O–H groups in total. The lowest BCUT2D eigenvalue weighted by atomic mass is 10.2. The van der Waals surface area contributed by atoms with Crippen molar-refractivity contribution in [3.8, 4) is 17.6 Å². The van der Waals surface area contributed by atoms with E-state index in [1.54, 1.807) is 24.3 Å². The van der Waals surface area contributed by atoms with Crippen molar-refractivity contribution in [2.45, 2.75) is 5.03 Å². The van der Waals surface area contributed by atoms with Crippen molar-refractivity contribution in [2.75, 3.05) is 11.8 Å². The molecule has 0 aliphatic heterocycles. The number of methoxy groups -OCH3 is 1. The fourth-order valence-electron chi connectivity index (χ4n) is 2.20. The average Bonchev–Trinajstić information content (AvgIpc) is 3.17. The van der Waals surface area contributed by atoms with Gasteiger partial charge < -0.3 is 9.84 Å². The van der Waals surface area contributed by atoms with Gasteiger partial charge in [0, 0.05) is 16.0 Å². The average molecular weight is 449 g/mol. The molecule has 0 aliphatic rings. The summed E-state index contributed by atoms with van der Waals surface area (Å²) in [7, 11) is -2.70. The number of carbonyl (C=O) groups is 1. The Hall–Kier alpha value is -3.06. The maximum atomic E-state index is 12.6. The van der Waals surface area contributed by atoms with Gasteiger partial charge >= 0.3 is 5.97 Å². The quantitative estimate of drug-likeness (QED) is 0.576. The van der Waals surface area contributed by atoms with Gasteiger partial charge in [-0.15, -0.1) is 11.3 Å². The first-order valence-corrected chi connectivity index (χ1v) is 10.7. The zero-order valence-corrected chi connectivity index (χ0v) is 17.2. The topological polar surface area (TPSA) is 106 Å². The number of sulfonamides is 1. The van der Waals surface area contributed by atoms with Gasteiger partial charge in [0.25, 0.3) is 10.0 Å². The molecular weight excluding hydrogens is 436 g/mol. The van der Waals surface area contributed by atoms with E-state index in [1.165, 1.54) is 30.7 Å². The molecule has 0 bridgehead atoms. The molecule has 0 aliphatic carbocycles. The molecule has 29 heavy (non-hydrogen) atoms. The number of halogens is 1. The number of aromatic nitrogens is 1. The number of hydrogen-bond donors (Lipinski definition) is 2. The molecule has 0 fully saturated rings. The number of aromatic carboxylic acids is 1. The summed E-state index contributed by atoms with van der Waals surface area (Å²) in [6.45, 7) is 0. The second kappa shape index (κ2) is 8.53. The molecule has 10 heteroatoms. The summed E-state index contributed by atoms with van der Waals surface area (Å²) in [5.41, 5.74) is 0.785. The molecule has 1 aromatic heterocycles. The highest BCUT2D eigenvalue weighted by atomic mass is 35.5. The molecular formula is C19H13ClN2O5S2. The second-order valence-corrected chi connectivity index (χ2v) is 8.50. The normalized spacial score (nSPS) is 10.7. The van der Waals surface area contributed by atoms with Crippen molar-refractivity contribution in [1.29, 1.82) is 0 Å². The summed E-state index contributed by atoms with van der Waals surface area (Å²) in [6, 6.07) is 10.7. The number of rotatable bonds is 5. The molecule has 0 saturated heterocycles. The summed E-state index contributed by atoms with van der Waals surface area (Å²) in [6.07, 6.45) is 0. The van der Waals surface area contributed by atoms with E-state index in [1.807, 2.05) is 0 Å². The van der Waals surface area contributed by atoms with Gasteiger partial charge in [-0.1, -0.05) is 17.5 Å². The zero-order valence-electron chi connectivity index (χ0n) is 14.8. The summed E-state index contributed by atoms with van der Waals surface area (Å²) < 4.78 is 32.7. The number of benzene rings is 2. The highest BCUT2D eigenvalue weighted by Crippen LogP contribution is 2.28. The molecule has 0 unspecified atom stereocenters. The predicted molar refractivity (Wildman–Crippen MR) is 110 cm³/mol. The number of thiazole rings is 1. The second-order valence-electron chi connectivity index (χ2n) is 5.57. The Morgan fingerprint density at radius 3 is 2.59 bits per heavy atom. The van der Waals surface area contributed by atoms with Crippen LogP contribution < -0.4 is 9.46 Å². The summed E-state index contributed by atoms with van der Waals surface area (Å²) in [5.74, 6) is 4.62. The van der Waals surface area contributed by atoms with Gasteiger partial charge in [-0.25, -0.2) is 9.78 Å². The third-order valence-electron chi connectivity index (χ3n) is 3.61. The SMILES string of the molecule is COc1cc(C(=O)O)ccc1NS(=O)(=O)c1csc(C#Cc2ccc(Cl)cc2)n1.